The molecule has 1 N–H and O–H groups in total. The predicted molar refractivity (Wildman–Crippen MR) is 93.6 cm³/mol. The summed E-state index contributed by atoms with van der Waals surface area (Å²) in [4.78, 5) is 27.5. The van der Waals surface area contributed by atoms with Crippen molar-refractivity contribution in [1.29, 1.82) is 0 Å². The van der Waals surface area contributed by atoms with Crippen molar-refractivity contribution in [2.45, 2.75) is 13.0 Å². The lowest BCUT2D eigenvalue weighted by Crippen LogP contribution is -2.32. The van der Waals surface area contributed by atoms with Gasteiger partial charge in [0, 0.05) is 6.54 Å². The molecule has 2 heterocycles. The Morgan fingerprint density at radius 2 is 1.88 bits per heavy atom. The van der Waals surface area contributed by atoms with Crippen molar-refractivity contribution >= 4 is 16.9 Å². The number of amides is 1. The van der Waals surface area contributed by atoms with E-state index in [-0.39, 0.29) is 30.2 Å². The van der Waals surface area contributed by atoms with Crippen LogP contribution in [0.15, 0.2) is 57.7 Å². The van der Waals surface area contributed by atoms with Crippen LogP contribution in [0.25, 0.3) is 11.0 Å². The van der Waals surface area contributed by atoms with Crippen LogP contribution in [-0.4, -0.2) is 29.1 Å². The number of β-amino-alcohol motifs (C(OH)–C–C–N with tert-alkyl or cyclic N) is 1. The Labute approximate surface area is 144 Å². The molecule has 0 bridgehead atoms. The zero-order chi connectivity index (χ0) is 17.6. The highest BCUT2D eigenvalue weighted by atomic mass is 16.3. The summed E-state index contributed by atoms with van der Waals surface area (Å²) >= 11 is 0. The Bertz CT molecular complexity index is 1020. The number of rotatable bonds is 3. The molecule has 0 fully saturated rings. The van der Waals surface area contributed by atoms with E-state index >= 15 is 0 Å². The highest BCUT2D eigenvalue weighted by Crippen LogP contribution is 2.37. The van der Waals surface area contributed by atoms with Gasteiger partial charge in [-0.2, -0.15) is 0 Å². The lowest BCUT2D eigenvalue weighted by molar-refractivity contribution is 0.0691. The van der Waals surface area contributed by atoms with Crippen LogP contribution < -0.4 is 5.43 Å². The molecular formula is C20H17NO4. The number of carbonyl (C=O) groups excluding carboxylic acids is 1. The number of aliphatic hydroxyl groups excluding tert-OH is 1. The number of carbonyl (C=O) groups is 1. The van der Waals surface area contributed by atoms with Crippen LogP contribution in [0.3, 0.4) is 0 Å². The number of aryl methyl sites for hydroxylation is 1. The zero-order valence-electron chi connectivity index (χ0n) is 13.7. The first-order valence-electron chi connectivity index (χ1n) is 8.16. The Hall–Kier alpha value is -2.92. The Morgan fingerprint density at radius 1 is 1.12 bits per heavy atom. The molecule has 2 aromatic carbocycles. The van der Waals surface area contributed by atoms with Gasteiger partial charge in [-0.3, -0.25) is 9.59 Å². The van der Waals surface area contributed by atoms with E-state index in [0.717, 1.165) is 11.1 Å². The molecule has 0 unspecified atom stereocenters. The molecule has 0 aliphatic carbocycles. The maximum Gasteiger partial charge on any atom is 0.290 e. The number of fused-ring (bicyclic) bond motifs is 2. The summed E-state index contributed by atoms with van der Waals surface area (Å²) in [7, 11) is 0. The molecule has 1 aliphatic heterocycles. The standard InChI is InChI=1S/C20H17NO4/c1-12-7-8-15-14(11-12)18(23)16-17(13-5-3-2-4-6-13)21(9-10-22)20(24)19(16)25-15/h2-8,11,17,22H,9-10H2,1H3/t17-/m0/s1. The van der Waals surface area contributed by atoms with Crippen LogP contribution in [0, 0.1) is 6.92 Å². The first-order chi connectivity index (χ1) is 12.1. The lowest BCUT2D eigenvalue weighted by Gasteiger charge is -2.24. The van der Waals surface area contributed by atoms with E-state index in [0.29, 0.717) is 16.5 Å². The minimum absolute atomic E-state index is 0.0728. The van der Waals surface area contributed by atoms with Gasteiger partial charge in [-0.25, -0.2) is 0 Å². The predicted octanol–water partition coefficient (Wildman–Crippen LogP) is 2.64. The van der Waals surface area contributed by atoms with E-state index < -0.39 is 6.04 Å². The summed E-state index contributed by atoms with van der Waals surface area (Å²) in [6.45, 7) is 1.86. The van der Waals surface area contributed by atoms with Crippen molar-refractivity contribution in [3.8, 4) is 0 Å². The van der Waals surface area contributed by atoms with Gasteiger partial charge in [0.1, 0.15) is 5.58 Å². The molecule has 1 aliphatic rings. The molecule has 0 spiro atoms. The first kappa shape index (κ1) is 15.6. The van der Waals surface area contributed by atoms with Gasteiger partial charge in [-0.1, -0.05) is 42.0 Å². The van der Waals surface area contributed by atoms with E-state index in [1.165, 1.54) is 4.90 Å². The van der Waals surface area contributed by atoms with Gasteiger partial charge in [-0.15, -0.1) is 0 Å². The molecule has 1 aromatic heterocycles. The largest absolute Gasteiger partial charge is 0.450 e. The van der Waals surface area contributed by atoms with Crippen LogP contribution in [-0.2, 0) is 0 Å². The van der Waals surface area contributed by atoms with Crippen LogP contribution in [0.5, 0.6) is 0 Å². The summed E-state index contributed by atoms with van der Waals surface area (Å²) in [5.74, 6) is -0.291. The van der Waals surface area contributed by atoms with E-state index in [9.17, 15) is 14.7 Å². The fraction of sp³-hybridized carbons (Fsp3) is 0.200. The van der Waals surface area contributed by atoms with Gasteiger partial charge in [-0.05, 0) is 24.6 Å². The number of nitrogens with zero attached hydrogens (tertiary/aromatic N) is 1. The van der Waals surface area contributed by atoms with E-state index in [1.54, 1.807) is 12.1 Å². The zero-order valence-corrected chi connectivity index (χ0v) is 13.7. The minimum atomic E-state index is -0.544. The maximum absolute atomic E-state index is 13.2. The fourth-order valence-corrected chi connectivity index (χ4v) is 3.45. The molecule has 126 valence electrons. The first-order valence-corrected chi connectivity index (χ1v) is 8.16. The molecule has 1 atom stereocenters. The van der Waals surface area contributed by atoms with E-state index in [4.69, 9.17) is 4.42 Å². The molecule has 1 amide bonds. The summed E-state index contributed by atoms with van der Waals surface area (Å²) in [5, 5.41) is 9.85. The summed E-state index contributed by atoms with van der Waals surface area (Å²) < 4.78 is 5.81. The van der Waals surface area contributed by atoms with Crippen molar-refractivity contribution in [3.05, 3.63) is 81.2 Å². The quantitative estimate of drug-likeness (QED) is 0.799. The molecule has 5 heteroatoms. The second kappa shape index (κ2) is 5.86. The summed E-state index contributed by atoms with van der Waals surface area (Å²) in [6.07, 6.45) is 0. The molecule has 4 rings (SSSR count). The number of benzene rings is 2. The smallest absolute Gasteiger partial charge is 0.290 e. The molecule has 3 aromatic rings. The molecule has 0 saturated carbocycles. The highest BCUT2D eigenvalue weighted by molar-refractivity contribution is 5.99. The van der Waals surface area contributed by atoms with Crippen molar-refractivity contribution in [2.24, 2.45) is 0 Å². The highest BCUT2D eigenvalue weighted by Gasteiger charge is 2.42. The molecule has 25 heavy (non-hydrogen) atoms. The lowest BCUT2D eigenvalue weighted by atomic mass is 9.98. The van der Waals surface area contributed by atoms with Gasteiger partial charge < -0.3 is 14.4 Å². The topological polar surface area (TPSA) is 70.8 Å². The van der Waals surface area contributed by atoms with E-state index in [2.05, 4.69) is 0 Å². The average Bonchev–Trinajstić information content (AvgIpc) is 2.90. The van der Waals surface area contributed by atoms with Crippen molar-refractivity contribution in [2.75, 3.05) is 13.2 Å². The van der Waals surface area contributed by atoms with Gasteiger partial charge >= 0.3 is 0 Å². The number of hydrogen-bond acceptors (Lipinski definition) is 4. The monoisotopic (exact) mass is 335 g/mol. The Morgan fingerprint density at radius 3 is 2.60 bits per heavy atom. The van der Waals surface area contributed by atoms with E-state index in [1.807, 2.05) is 43.3 Å². The van der Waals surface area contributed by atoms with Crippen LogP contribution in [0.2, 0.25) is 0 Å². The molecule has 0 radical (unpaired) electrons. The minimum Gasteiger partial charge on any atom is -0.450 e. The van der Waals surface area contributed by atoms with Gasteiger partial charge in [0.2, 0.25) is 5.76 Å². The molecule has 0 saturated heterocycles. The van der Waals surface area contributed by atoms with Gasteiger partial charge in [0.15, 0.2) is 5.43 Å². The second-order valence-corrected chi connectivity index (χ2v) is 6.21. The fourth-order valence-electron chi connectivity index (χ4n) is 3.45. The maximum atomic E-state index is 13.2. The third-order valence-corrected chi connectivity index (χ3v) is 4.58. The molecular weight excluding hydrogens is 318 g/mol. The van der Waals surface area contributed by atoms with Crippen LogP contribution in [0.1, 0.15) is 33.3 Å². The third-order valence-electron chi connectivity index (χ3n) is 4.58. The molecule has 5 nitrogen and oxygen atoms in total. The van der Waals surface area contributed by atoms with Gasteiger partial charge in [0.05, 0.1) is 23.6 Å². The van der Waals surface area contributed by atoms with Crippen LogP contribution in [0.4, 0.5) is 0 Å². The van der Waals surface area contributed by atoms with Gasteiger partial charge in [0.25, 0.3) is 5.91 Å². The SMILES string of the molecule is Cc1ccc2oc3c(c(=O)c2c1)[C@H](c1ccccc1)N(CCO)C3=O. The Balaban J connectivity index is 2.03. The van der Waals surface area contributed by atoms with Crippen molar-refractivity contribution < 1.29 is 14.3 Å². The number of aliphatic hydroxyl groups is 1. The summed E-state index contributed by atoms with van der Waals surface area (Å²) in [6, 6.07) is 14.1. The second-order valence-electron chi connectivity index (χ2n) is 6.21. The van der Waals surface area contributed by atoms with Crippen molar-refractivity contribution in [1.82, 2.24) is 4.90 Å². The average molecular weight is 335 g/mol. The summed E-state index contributed by atoms with van der Waals surface area (Å²) in [5.41, 5.74) is 2.33. The third kappa shape index (κ3) is 2.36. The van der Waals surface area contributed by atoms with Crippen LogP contribution >= 0.6 is 0 Å². The van der Waals surface area contributed by atoms with Crippen molar-refractivity contribution in [3.63, 3.8) is 0 Å². The number of hydrogen-bond donors (Lipinski definition) is 1. The normalized spacial score (nSPS) is 16.5. The Kier molecular flexibility index (Phi) is 3.66.